The van der Waals surface area contributed by atoms with Crippen LogP contribution in [0, 0.1) is 57.2 Å². The molecule has 4 aliphatic carbocycles. The van der Waals surface area contributed by atoms with Crippen LogP contribution in [0.1, 0.15) is 105 Å². The SMILES string of the molecule is C=C1CC[C@H]2[C@@]3(C)CCC[C@]2(C)[C@H]1CO[C@@H](C(=O)OC)[C@@H](CC(=O)O)C(=O)OC[C@]1(C)CCC[C@]2(C)[C@@H](CO[C@@H](C(=O)OC)[C@@H](CC(=O)O)C(=O)OC3)C(=C)CC[C@@H]12. The van der Waals surface area contributed by atoms with Crippen LogP contribution >= 0.6 is 0 Å². The summed E-state index contributed by atoms with van der Waals surface area (Å²) < 4.78 is 35.0. The minimum Gasteiger partial charge on any atom is -0.481 e. The maximum atomic E-state index is 14.1. The number of aliphatic carboxylic acids is 2. The van der Waals surface area contributed by atoms with E-state index in [1.807, 2.05) is 13.8 Å². The average molecular weight is 817 g/mol. The standard InChI is InChI=1S/C44H64O14/c1-25-11-13-31-41(3)15-9-17-43(31,5)29(25)21-55-35(39(51)53-7)27(19-33(45)46)37(49)58-24-42(4)16-10-18-44(6)30(26(2)12-14-32(42)44)22-56-36(40(52)54-8)28(20-34(47)48)38(50)57-23-41/h27-32,35-36H,1-2,9-24H2,3-8H3,(H,45,46)(H,47,48)/t27-,28-,29+,30+,31+,32+,35-,36-,41+,42+,43-,44-/m1/s1. The zero-order valence-corrected chi connectivity index (χ0v) is 35.1. The molecule has 14 nitrogen and oxygen atoms in total. The van der Waals surface area contributed by atoms with Crippen molar-refractivity contribution in [1.82, 2.24) is 0 Å². The number of methoxy groups -OCH3 is 2. The van der Waals surface area contributed by atoms with Crippen molar-refractivity contribution in [2.75, 3.05) is 40.6 Å². The summed E-state index contributed by atoms with van der Waals surface area (Å²) in [5.41, 5.74) is -0.343. The van der Waals surface area contributed by atoms with E-state index in [2.05, 4.69) is 27.0 Å². The number of esters is 4. The minimum absolute atomic E-state index is 0.0485. The molecule has 5 aliphatic rings. The summed E-state index contributed by atoms with van der Waals surface area (Å²) in [6.07, 6.45) is 2.48. The lowest BCUT2D eigenvalue weighted by molar-refractivity contribution is -0.185. The Bertz CT molecular complexity index is 1520. The normalized spacial score (nSPS) is 40.4. The molecule has 0 aromatic carbocycles. The average Bonchev–Trinajstić information content (AvgIpc) is 3.15. The van der Waals surface area contributed by atoms with Crippen LogP contribution in [0.2, 0.25) is 0 Å². The molecule has 14 heteroatoms. The molecule has 0 aromatic rings. The van der Waals surface area contributed by atoms with Crippen LogP contribution in [0.3, 0.4) is 0 Å². The molecule has 0 amide bonds. The quantitative estimate of drug-likeness (QED) is 0.181. The minimum atomic E-state index is -1.56. The number of carbonyl (C=O) groups excluding carboxylic acids is 4. The van der Waals surface area contributed by atoms with E-state index in [-0.39, 0.29) is 50.1 Å². The molecule has 0 spiro atoms. The lowest BCUT2D eigenvalue weighted by Gasteiger charge is -2.58. The third-order valence-electron chi connectivity index (χ3n) is 15.3. The van der Waals surface area contributed by atoms with Crippen molar-refractivity contribution in [3.63, 3.8) is 0 Å². The van der Waals surface area contributed by atoms with Crippen molar-refractivity contribution in [2.24, 2.45) is 57.2 Å². The second-order valence-corrected chi connectivity index (χ2v) is 18.8. The molecule has 5 rings (SSSR count). The van der Waals surface area contributed by atoms with Gasteiger partial charge < -0.3 is 38.6 Å². The third-order valence-corrected chi connectivity index (χ3v) is 15.3. The number of hydrogen-bond donors (Lipinski definition) is 2. The van der Waals surface area contributed by atoms with Gasteiger partial charge in [0.05, 0.1) is 53.5 Å². The van der Waals surface area contributed by atoms with Crippen LogP contribution in [0.15, 0.2) is 24.3 Å². The summed E-state index contributed by atoms with van der Waals surface area (Å²) in [5.74, 6) is -9.80. The number of rotatable bonds is 6. The van der Waals surface area contributed by atoms with E-state index < -0.39 is 94.4 Å². The Morgan fingerprint density at radius 2 is 1.02 bits per heavy atom. The van der Waals surface area contributed by atoms with E-state index >= 15 is 0 Å². The summed E-state index contributed by atoms with van der Waals surface area (Å²) >= 11 is 0. The molecule has 0 radical (unpaired) electrons. The van der Waals surface area contributed by atoms with Crippen molar-refractivity contribution < 1.29 is 67.4 Å². The van der Waals surface area contributed by atoms with Gasteiger partial charge in [0.25, 0.3) is 0 Å². The molecule has 58 heavy (non-hydrogen) atoms. The summed E-state index contributed by atoms with van der Waals surface area (Å²) in [4.78, 5) is 79.5. The van der Waals surface area contributed by atoms with Gasteiger partial charge >= 0.3 is 35.8 Å². The molecular weight excluding hydrogens is 752 g/mol. The van der Waals surface area contributed by atoms with E-state index in [0.29, 0.717) is 38.5 Å². The van der Waals surface area contributed by atoms with E-state index in [9.17, 15) is 39.0 Å². The fourth-order valence-electron chi connectivity index (χ4n) is 12.1. The number of cyclic esters (lactones) is 2. The Hall–Kier alpha value is -3.78. The van der Waals surface area contributed by atoms with Crippen LogP contribution in [0.5, 0.6) is 0 Å². The second-order valence-electron chi connectivity index (χ2n) is 18.8. The number of carboxylic acids is 2. The predicted octanol–water partition coefficient (Wildman–Crippen LogP) is 5.94. The van der Waals surface area contributed by atoms with E-state index in [1.54, 1.807) is 0 Å². The van der Waals surface area contributed by atoms with Gasteiger partial charge in [0, 0.05) is 22.7 Å². The topological polar surface area (TPSA) is 198 Å². The smallest absolute Gasteiger partial charge is 0.335 e. The molecule has 4 saturated carbocycles. The second kappa shape index (κ2) is 17.8. The zero-order chi connectivity index (χ0) is 42.8. The Kier molecular flexibility index (Phi) is 13.9. The van der Waals surface area contributed by atoms with Gasteiger partial charge in [-0.25, -0.2) is 9.59 Å². The van der Waals surface area contributed by atoms with Gasteiger partial charge in [0.15, 0.2) is 12.2 Å². The molecule has 324 valence electrons. The molecule has 1 saturated heterocycles. The number of ether oxygens (including phenoxy) is 6. The van der Waals surface area contributed by atoms with Crippen molar-refractivity contribution >= 4 is 35.8 Å². The fraction of sp³-hybridized carbons (Fsp3) is 0.773. The molecule has 0 unspecified atom stereocenters. The highest BCUT2D eigenvalue weighted by Crippen LogP contribution is 2.62. The van der Waals surface area contributed by atoms with Crippen molar-refractivity contribution in [2.45, 2.75) is 117 Å². The number of carboxylic acid groups (broad SMARTS) is 2. The molecular formula is C44H64O14. The molecule has 0 aromatic heterocycles. The predicted molar refractivity (Wildman–Crippen MR) is 208 cm³/mol. The van der Waals surface area contributed by atoms with Gasteiger partial charge in [0.2, 0.25) is 0 Å². The molecule has 12 atom stereocenters. The summed E-state index contributed by atoms with van der Waals surface area (Å²) in [5, 5.41) is 20.0. The van der Waals surface area contributed by atoms with Crippen LogP contribution in [-0.2, 0) is 57.2 Å². The number of hydrogen-bond acceptors (Lipinski definition) is 12. The molecule has 8 bridgehead atoms. The molecule has 2 N–H and O–H groups in total. The summed E-state index contributed by atoms with van der Waals surface area (Å²) in [7, 11) is 2.33. The van der Waals surface area contributed by atoms with Gasteiger partial charge in [-0.05, 0) is 74.0 Å². The summed E-state index contributed by atoms with van der Waals surface area (Å²) in [6.45, 7) is 16.9. The largest absolute Gasteiger partial charge is 0.481 e. The first-order chi connectivity index (χ1) is 27.2. The van der Waals surface area contributed by atoms with Gasteiger partial charge in [-0.2, -0.15) is 0 Å². The Balaban J connectivity index is 1.59. The van der Waals surface area contributed by atoms with Crippen molar-refractivity contribution in [1.29, 1.82) is 0 Å². The van der Waals surface area contributed by atoms with Crippen LogP contribution in [-0.4, -0.2) is 98.9 Å². The van der Waals surface area contributed by atoms with Crippen molar-refractivity contribution in [3.8, 4) is 0 Å². The molecule has 1 aliphatic heterocycles. The van der Waals surface area contributed by atoms with Gasteiger partial charge in [-0.3, -0.25) is 19.2 Å². The Morgan fingerprint density at radius 1 is 0.655 bits per heavy atom. The monoisotopic (exact) mass is 816 g/mol. The summed E-state index contributed by atoms with van der Waals surface area (Å²) in [6, 6.07) is 0. The lowest BCUT2D eigenvalue weighted by Crippen LogP contribution is -2.55. The maximum absolute atomic E-state index is 14.1. The van der Waals surface area contributed by atoms with Crippen LogP contribution in [0.4, 0.5) is 0 Å². The zero-order valence-electron chi connectivity index (χ0n) is 35.1. The highest BCUT2D eigenvalue weighted by atomic mass is 16.6. The Morgan fingerprint density at radius 3 is 1.34 bits per heavy atom. The van der Waals surface area contributed by atoms with Crippen LogP contribution in [0.25, 0.3) is 0 Å². The van der Waals surface area contributed by atoms with Crippen LogP contribution < -0.4 is 0 Å². The molecule has 5 fully saturated rings. The van der Waals surface area contributed by atoms with Crippen molar-refractivity contribution in [3.05, 3.63) is 24.3 Å². The lowest BCUT2D eigenvalue weighted by atomic mass is 9.47. The van der Waals surface area contributed by atoms with Gasteiger partial charge in [0.1, 0.15) is 11.8 Å². The highest BCUT2D eigenvalue weighted by Gasteiger charge is 2.58. The fourth-order valence-corrected chi connectivity index (χ4v) is 12.1. The third kappa shape index (κ3) is 8.88. The maximum Gasteiger partial charge on any atom is 0.335 e. The Labute approximate surface area is 341 Å². The first-order valence-corrected chi connectivity index (χ1v) is 20.8. The number of carbonyl (C=O) groups is 6. The van der Waals surface area contributed by atoms with Gasteiger partial charge in [-0.15, -0.1) is 0 Å². The highest BCUT2D eigenvalue weighted by molar-refractivity contribution is 5.88. The van der Waals surface area contributed by atoms with Gasteiger partial charge in [-0.1, -0.05) is 64.8 Å². The first kappa shape index (κ1) is 45.3. The van der Waals surface area contributed by atoms with E-state index in [1.165, 1.54) is 0 Å². The molecule has 1 heterocycles. The first-order valence-electron chi connectivity index (χ1n) is 20.8. The van der Waals surface area contributed by atoms with E-state index in [0.717, 1.165) is 51.0 Å². The van der Waals surface area contributed by atoms with E-state index in [4.69, 9.17) is 28.4 Å².